The number of nitrogens with one attached hydrogen (secondary N) is 1. The molecule has 5 rings (SSSR count). The van der Waals surface area contributed by atoms with Crippen LogP contribution in [0.25, 0.3) is 0 Å². The number of nitrogens with zero attached hydrogens (tertiary/aromatic N) is 4. The smallest absolute Gasteiger partial charge is 0.354 e. The van der Waals surface area contributed by atoms with Crippen LogP contribution in [0.15, 0.2) is 21.5 Å². The summed E-state index contributed by atoms with van der Waals surface area (Å²) in [4.78, 5) is 14.8. The average molecular weight is 417 g/mol. The summed E-state index contributed by atoms with van der Waals surface area (Å²) < 4.78 is 24.3. The highest BCUT2D eigenvalue weighted by Gasteiger charge is 2.30. The number of carbonyl (C=O) groups excluding carboxylic acids is 1. The fourth-order valence-corrected chi connectivity index (χ4v) is 5.10. The number of nitrogens with two attached hydrogens (primary N) is 1. The van der Waals surface area contributed by atoms with Gasteiger partial charge >= 0.3 is 6.03 Å². The van der Waals surface area contributed by atoms with Crippen molar-refractivity contribution in [2.75, 3.05) is 26.0 Å². The zero-order valence-electron chi connectivity index (χ0n) is 16.5. The summed E-state index contributed by atoms with van der Waals surface area (Å²) >= 11 is 0. The van der Waals surface area contributed by atoms with Crippen molar-refractivity contribution in [3.8, 4) is 5.88 Å². The highest BCUT2D eigenvalue weighted by atomic mass is 32.2. The highest BCUT2D eigenvalue weighted by molar-refractivity contribution is 7.91. The number of fused-ring (bicyclic) bond motifs is 3. The highest BCUT2D eigenvalue weighted by Crippen LogP contribution is 2.40. The third kappa shape index (κ3) is 3.02. The second kappa shape index (κ2) is 6.54. The fraction of sp³-hybridized carbons (Fsp3) is 0.474. The minimum absolute atomic E-state index is 0.152. The van der Waals surface area contributed by atoms with E-state index >= 15 is 0 Å². The van der Waals surface area contributed by atoms with Gasteiger partial charge in [-0.1, -0.05) is 6.07 Å². The molecule has 9 nitrogen and oxygen atoms in total. The Balaban J connectivity index is 1.42. The maximum absolute atomic E-state index is 13.1. The third-order valence-corrected chi connectivity index (χ3v) is 7.41. The number of hydrogen-bond donors (Lipinski definition) is 2. The maximum atomic E-state index is 13.1. The Morgan fingerprint density at radius 3 is 2.59 bits per heavy atom. The first kappa shape index (κ1) is 18.6. The van der Waals surface area contributed by atoms with Crippen LogP contribution < -0.4 is 15.2 Å². The third-order valence-electron chi connectivity index (χ3n) is 6.07. The topological polar surface area (TPSA) is 115 Å². The predicted octanol–water partition coefficient (Wildman–Crippen LogP) is 1.34. The standard InChI is InChI=1S/C19H24N6O3S/c1-24(2)13-9-25-18(28-10-13)16(8-21-25)29(20,27)23-19(26)22-17-14-5-3-11(14)7-12-4-6-15(12)17/h7-8,13H,3-6,9-10H2,1-2H3,(H3,20,22,23,26,27). The fourth-order valence-electron chi connectivity index (χ4n) is 4.10. The Morgan fingerprint density at radius 2 is 2.00 bits per heavy atom. The summed E-state index contributed by atoms with van der Waals surface area (Å²) in [5.74, 6) is 0.319. The van der Waals surface area contributed by atoms with Crippen molar-refractivity contribution in [2.45, 2.75) is 43.2 Å². The maximum Gasteiger partial charge on any atom is 0.354 e. The van der Waals surface area contributed by atoms with Gasteiger partial charge < -0.3 is 15.0 Å². The van der Waals surface area contributed by atoms with Crippen LogP contribution in [0.4, 0.5) is 10.5 Å². The van der Waals surface area contributed by atoms with Crippen LogP contribution in [0.5, 0.6) is 5.88 Å². The normalized spacial score (nSPS) is 20.9. The van der Waals surface area contributed by atoms with Crippen LogP contribution in [-0.2, 0) is 42.1 Å². The lowest BCUT2D eigenvalue weighted by Crippen LogP contribution is -2.41. The van der Waals surface area contributed by atoms with E-state index in [0.29, 0.717) is 19.0 Å². The van der Waals surface area contributed by atoms with E-state index in [4.69, 9.17) is 9.88 Å². The molecule has 2 aromatic rings. The second-order valence-corrected chi connectivity index (χ2v) is 9.80. The number of hydrogen-bond acceptors (Lipinski definition) is 5. The zero-order valence-corrected chi connectivity index (χ0v) is 17.3. The molecule has 2 aliphatic carbocycles. The van der Waals surface area contributed by atoms with Crippen LogP contribution in [0.2, 0.25) is 0 Å². The van der Waals surface area contributed by atoms with Gasteiger partial charge in [-0.3, -0.25) is 0 Å². The van der Waals surface area contributed by atoms with Gasteiger partial charge in [0.15, 0.2) is 9.92 Å². The molecule has 3 aliphatic rings. The van der Waals surface area contributed by atoms with Crippen molar-refractivity contribution in [3.63, 3.8) is 0 Å². The monoisotopic (exact) mass is 416 g/mol. The van der Waals surface area contributed by atoms with Crippen LogP contribution in [0, 0.1) is 0 Å². The Hall–Kier alpha value is -2.43. The number of rotatable bonds is 3. The van der Waals surface area contributed by atoms with E-state index in [0.717, 1.165) is 42.5 Å². The number of benzene rings is 1. The van der Waals surface area contributed by atoms with Crippen molar-refractivity contribution < 1.29 is 13.7 Å². The van der Waals surface area contributed by atoms with E-state index in [1.165, 1.54) is 17.3 Å². The number of urea groups is 1. The van der Waals surface area contributed by atoms with E-state index in [9.17, 15) is 9.00 Å². The second-order valence-electron chi connectivity index (χ2n) is 8.04. The number of likely N-dealkylation sites (N-methyl/N-ethyl adjacent to an activating group) is 1. The zero-order chi connectivity index (χ0) is 20.3. The molecule has 1 aliphatic heterocycles. The van der Waals surface area contributed by atoms with E-state index in [1.807, 2.05) is 19.0 Å². The van der Waals surface area contributed by atoms with E-state index in [1.54, 1.807) is 4.68 Å². The lowest BCUT2D eigenvalue weighted by Gasteiger charge is -2.31. The summed E-state index contributed by atoms with van der Waals surface area (Å²) in [6.45, 7) is 1.02. The molecule has 2 amide bonds. The van der Waals surface area contributed by atoms with Gasteiger partial charge in [-0.05, 0) is 62.0 Å². The Morgan fingerprint density at radius 1 is 1.31 bits per heavy atom. The molecule has 0 saturated carbocycles. The van der Waals surface area contributed by atoms with Gasteiger partial charge in [-0.25, -0.2) is 18.8 Å². The lowest BCUT2D eigenvalue weighted by atomic mass is 9.76. The molecule has 1 aromatic carbocycles. The molecule has 2 atom stereocenters. The molecule has 0 saturated heterocycles. The first-order chi connectivity index (χ1) is 13.8. The molecule has 2 unspecified atom stereocenters. The van der Waals surface area contributed by atoms with Gasteiger partial charge in [0.1, 0.15) is 11.5 Å². The van der Waals surface area contributed by atoms with E-state index in [-0.39, 0.29) is 10.9 Å². The Bertz CT molecular complexity index is 1120. The first-order valence-electron chi connectivity index (χ1n) is 9.71. The van der Waals surface area contributed by atoms with Crippen LogP contribution >= 0.6 is 0 Å². The van der Waals surface area contributed by atoms with Gasteiger partial charge in [0, 0.05) is 5.69 Å². The summed E-state index contributed by atoms with van der Waals surface area (Å²) in [6, 6.07) is 1.68. The Kier molecular flexibility index (Phi) is 4.19. The summed E-state index contributed by atoms with van der Waals surface area (Å²) in [6.07, 6.45) is 5.32. The molecule has 2 heterocycles. The number of carbonyl (C=O) groups is 1. The molecule has 0 fully saturated rings. The minimum Gasteiger partial charge on any atom is -0.475 e. The van der Waals surface area contributed by atoms with Crippen molar-refractivity contribution in [2.24, 2.45) is 9.50 Å². The van der Waals surface area contributed by atoms with Crippen molar-refractivity contribution in [1.29, 1.82) is 0 Å². The molecule has 0 spiro atoms. The number of aryl methyl sites for hydroxylation is 2. The number of ether oxygens (including phenoxy) is 1. The largest absolute Gasteiger partial charge is 0.475 e. The van der Waals surface area contributed by atoms with E-state index in [2.05, 4.69) is 20.8 Å². The summed E-state index contributed by atoms with van der Waals surface area (Å²) in [5, 5.41) is 13.1. The van der Waals surface area contributed by atoms with Gasteiger partial charge in [0.2, 0.25) is 5.88 Å². The molecular formula is C19H24N6O3S. The van der Waals surface area contributed by atoms with Crippen molar-refractivity contribution in [3.05, 3.63) is 34.5 Å². The molecule has 0 bridgehead atoms. The van der Waals surface area contributed by atoms with Crippen LogP contribution in [-0.4, -0.2) is 51.7 Å². The van der Waals surface area contributed by atoms with Crippen molar-refractivity contribution in [1.82, 2.24) is 14.7 Å². The van der Waals surface area contributed by atoms with Gasteiger partial charge in [-0.15, -0.1) is 4.36 Å². The quantitative estimate of drug-likeness (QED) is 0.783. The van der Waals surface area contributed by atoms with Gasteiger partial charge in [-0.2, -0.15) is 5.10 Å². The Labute approximate surface area is 169 Å². The summed E-state index contributed by atoms with van der Waals surface area (Å²) in [7, 11) is 0.436. The molecule has 154 valence electrons. The predicted molar refractivity (Wildman–Crippen MR) is 108 cm³/mol. The average Bonchev–Trinajstić information content (AvgIpc) is 3.02. The number of aromatic nitrogens is 2. The van der Waals surface area contributed by atoms with Crippen LogP contribution in [0.1, 0.15) is 22.3 Å². The molecule has 1 aromatic heterocycles. The molecule has 0 radical (unpaired) electrons. The van der Waals surface area contributed by atoms with Gasteiger partial charge in [0.05, 0.1) is 18.8 Å². The van der Waals surface area contributed by atoms with E-state index < -0.39 is 15.9 Å². The first-order valence-corrected chi connectivity index (χ1v) is 11.3. The number of anilines is 1. The minimum atomic E-state index is -3.48. The molecular weight excluding hydrogens is 392 g/mol. The SMILES string of the molecule is CN(C)C1COc2c(S(N)(=O)=NC(=O)Nc3c4c(cc5c3CC5)CC4)cnn2C1. The van der Waals surface area contributed by atoms with Crippen LogP contribution in [0.3, 0.4) is 0 Å². The molecule has 3 N–H and O–H groups in total. The lowest BCUT2D eigenvalue weighted by molar-refractivity contribution is 0.117. The number of amides is 2. The van der Waals surface area contributed by atoms with Gasteiger partial charge in [0.25, 0.3) is 0 Å². The summed E-state index contributed by atoms with van der Waals surface area (Å²) in [5.41, 5.74) is 5.72. The van der Waals surface area contributed by atoms with Crippen molar-refractivity contribution >= 4 is 21.6 Å². The molecule has 29 heavy (non-hydrogen) atoms. The molecule has 10 heteroatoms.